The highest BCUT2D eigenvalue weighted by Crippen LogP contribution is 2.30. The van der Waals surface area contributed by atoms with Gasteiger partial charge < -0.3 is 5.32 Å². The van der Waals surface area contributed by atoms with Gasteiger partial charge in [0.1, 0.15) is 5.82 Å². The number of benzene rings is 1. The summed E-state index contributed by atoms with van der Waals surface area (Å²) in [5.74, 6) is -0.784. The molecule has 1 aliphatic carbocycles. The van der Waals surface area contributed by atoms with Gasteiger partial charge >= 0.3 is 0 Å². The van der Waals surface area contributed by atoms with Crippen LogP contribution in [0.15, 0.2) is 18.2 Å². The largest absolute Gasteiger partial charge is 0.385 e. The van der Waals surface area contributed by atoms with Crippen LogP contribution >= 0.6 is 11.3 Å². The van der Waals surface area contributed by atoms with Gasteiger partial charge in [0.15, 0.2) is 5.13 Å². The molecule has 0 saturated heterocycles. The molecular weight excluding hydrogens is 289 g/mol. The molecule has 2 aromatic rings. The highest BCUT2D eigenvalue weighted by atomic mass is 32.1. The van der Waals surface area contributed by atoms with E-state index in [2.05, 4.69) is 15.6 Å². The molecule has 21 heavy (non-hydrogen) atoms. The second-order valence-corrected chi connectivity index (χ2v) is 6.05. The molecule has 110 valence electrons. The van der Waals surface area contributed by atoms with Gasteiger partial charge in [-0.05, 0) is 37.8 Å². The smallest absolute Gasteiger partial charge is 0.259 e. The first-order valence-corrected chi connectivity index (χ1v) is 7.77. The Balaban J connectivity index is 1.83. The number of nitrogens with zero attached hydrogens (tertiary/aromatic N) is 1. The zero-order valence-electron chi connectivity index (χ0n) is 11.7. The maximum absolute atomic E-state index is 13.7. The van der Waals surface area contributed by atoms with Crippen LogP contribution in [0.3, 0.4) is 0 Å². The summed E-state index contributed by atoms with van der Waals surface area (Å²) in [6.07, 6.45) is 4.34. The van der Waals surface area contributed by atoms with E-state index in [1.807, 2.05) is 0 Å². The number of anilines is 2. The van der Waals surface area contributed by atoms with Crippen LogP contribution in [-0.4, -0.2) is 17.9 Å². The normalized spacial score (nSPS) is 13.6. The van der Waals surface area contributed by atoms with E-state index >= 15 is 0 Å². The lowest BCUT2D eigenvalue weighted by molar-refractivity contribution is 0.102. The first-order valence-electron chi connectivity index (χ1n) is 6.95. The Morgan fingerprint density at radius 2 is 2.14 bits per heavy atom. The van der Waals surface area contributed by atoms with E-state index < -0.39 is 5.82 Å². The fourth-order valence-corrected chi connectivity index (χ4v) is 3.58. The van der Waals surface area contributed by atoms with E-state index in [0.717, 1.165) is 25.0 Å². The molecule has 0 fully saturated rings. The second-order valence-electron chi connectivity index (χ2n) is 4.96. The van der Waals surface area contributed by atoms with E-state index in [-0.39, 0.29) is 17.2 Å². The third kappa shape index (κ3) is 2.76. The first-order chi connectivity index (χ1) is 10.2. The van der Waals surface area contributed by atoms with E-state index in [1.54, 1.807) is 13.1 Å². The summed E-state index contributed by atoms with van der Waals surface area (Å²) in [6.45, 7) is 0. The first kappa shape index (κ1) is 14.0. The molecule has 0 unspecified atom stereocenters. The lowest BCUT2D eigenvalue weighted by atomic mass is 10.0. The lowest BCUT2D eigenvalue weighted by Gasteiger charge is -2.09. The number of para-hydroxylation sites is 1. The molecule has 4 nitrogen and oxygen atoms in total. The summed E-state index contributed by atoms with van der Waals surface area (Å²) < 4.78 is 13.7. The Bertz CT molecular complexity index is 660. The number of aromatic nitrogens is 1. The maximum atomic E-state index is 13.7. The predicted molar refractivity (Wildman–Crippen MR) is 82.7 cm³/mol. The summed E-state index contributed by atoms with van der Waals surface area (Å²) in [7, 11) is 1.59. The van der Waals surface area contributed by atoms with Gasteiger partial charge in [-0.3, -0.25) is 10.1 Å². The van der Waals surface area contributed by atoms with Gasteiger partial charge in [-0.1, -0.05) is 6.07 Å². The molecule has 0 spiro atoms. The fourth-order valence-electron chi connectivity index (χ4n) is 2.54. The number of hydrogen-bond donors (Lipinski definition) is 2. The molecule has 1 aliphatic rings. The van der Waals surface area contributed by atoms with Gasteiger partial charge in [-0.2, -0.15) is 0 Å². The van der Waals surface area contributed by atoms with Crippen molar-refractivity contribution in [3.05, 3.63) is 40.2 Å². The monoisotopic (exact) mass is 305 g/mol. The van der Waals surface area contributed by atoms with Crippen molar-refractivity contribution in [2.75, 3.05) is 17.7 Å². The van der Waals surface area contributed by atoms with E-state index in [1.165, 1.54) is 34.8 Å². The van der Waals surface area contributed by atoms with Crippen LogP contribution in [0, 0.1) is 5.82 Å². The number of hydrogen-bond acceptors (Lipinski definition) is 4. The lowest BCUT2D eigenvalue weighted by Crippen LogP contribution is -2.14. The number of carbonyl (C=O) groups is 1. The van der Waals surface area contributed by atoms with Crippen molar-refractivity contribution in [2.24, 2.45) is 0 Å². The SMILES string of the molecule is CNc1c(F)cccc1C(=O)Nc1nc2c(s1)CCCC2. The molecule has 0 saturated carbocycles. The molecule has 0 radical (unpaired) electrons. The molecule has 1 aromatic heterocycles. The molecule has 6 heteroatoms. The predicted octanol–water partition coefficient (Wildman–Crippen LogP) is 3.46. The van der Waals surface area contributed by atoms with Gasteiger partial charge in [-0.15, -0.1) is 11.3 Å². The maximum Gasteiger partial charge on any atom is 0.259 e. The van der Waals surface area contributed by atoms with E-state index in [4.69, 9.17) is 0 Å². The van der Waals surface area contributed by atoms with Crippen molar-refractivity contribution in [1.29, 1.82) is 0 Å². The summed E-state index contributed by atoms with van der Waals surface area (Å²) >= 11 is 1.52. The fraction of sp³-hybridized carbons (Fsp3) is 0.333. The van der Waals surface area contributed by atoms with Crippen molar-refractivity contribution in [3.63, 3.8) is 0 Å². The number of nitrogens with one attached hydrogen (secondary N) is 2. The van der Waals surface area contributed by atoms with Crippen LogP contribution in [0.1, 0.15) is 33.8 Å². The van der Waals surface area contributed by atoms with Gasteiger partial charge in [0.2, 0.25) is 0 Å². The Hall–Kier alpha value is -1.95. The molecule has 2 N–H and O–H groups in total. The third-order valence-electron chi connectivity index (χ3n) is 3.57. The highest BCUT2D eigenvalue weighted by molar-refractivity contribution is 7.15. The number of fused-ring (bicyclic) bond motifs is 1. The average molecular weight is 305 g/mol. The minimum absolute atomic E-state index is 0.205. The van der Waals surface area contributed by atoms with E-state index in [0.29, 0.717) is 5.13 Å². The molecule has 0 aliphatic heterocycles. The topological polar surface area (TPSA) is 54.0 Å². The van der Waals surface area contributed by atoms with Crippen LogP contribution in [0.5, 0.6) is 0 Å². The van der Waals surface area contributed by atoms with Gasteiger partial charge in [0.25, 0.3) is 5.91 Å². The quantitative estimate of drug-likeness (QED) is 0.913. The van der Waals surface area contributed by atoms with Crippen LogP contribution in [0.2, 0.25) is 0 Å². The molecule has 1 heterocycles. The van der Waals surface area contributed by atoms with Crippen molar-refractivity contribution in [2.45, 2.75) is 25.7 Å². The molecule has 3 rings (SSSR count). The van der Waals surface area contributed by atoms with Crippen LogP contribution < -0.4 is 10.6 Å². The van der Waals surface area contributed by atoms with Crippen molar-refractivity contribution in [3.8, 4) is 0 Å². The van der Waals surface area contributed by atoms with Crippen molar-refractivity contribution >= 4 is 28.1 Å². The van der Waals surface area contributed by atoms with Crippen molar-refractivity contribution in [1.82, 2.24) is 4.98 Å². The minimum Gasteiger partial charge on any atom is -0.385 e. The van der Waals surface area contributed by atoms with Crippen LogP contribution in [-0.2, 0) is 12.8 Å². The van der Waals surface area contributed by atoms with Gasteiger partial charge in [-0.25, -0.2) is 9.37 Å². The Labute approximate surface area is 126 Å². The third-order valence-corrected chi connectivity index (χ3v) is 4.65. The Morgan fingerprint density at radius 3 is 2.90 bits per heavy atom. The Kier molecular flexibility index (Phi) is 3.88. The summed E-state index contributed by atoms with van der Waals surface area (Å²) in [5.41, 5.74) is 1.58. The number of amides is 1. The molecule has 1 aromatic carbocycles. The molecule has 1 amide bonds. The van der Waals surface area contributed by atoms with E-state index in [9.17, 15) is 9.18 Å². The zero-order chi connectivity index (χ0) is 14.8. The zero-order valence-corrected chi connectivity index (χ0v) is 12.5. The van der Waals surface area contributed by atoms with Gasteiger partial charge in [0, 0.05) is 11.9 Å². The number of thiazole rings is 1. The molecular formula is C15H16FN3OS. The second kappa shape index (κ2) is 5.81. The summed E-state index contributed by atoms with van der Waals surface area (Å²) in [4.78, 5) is 18.0. The number of rotatable bonds is 3. The summed E-state index contributed by atoms with van der Waals surface area (Å²) in [6, 6.07) is 4.44. The van der Waals surface area contributed by atoms with Crippen LogP contribution in [0.4, 0.5) is 15.2 Å². The molecule has 0 bridgehead atoms. The standard InChI is InChI=1S/C15H16FN3OS/c1-17-13-9(5-4-6-10(13)16)14(20)19-15-18-11-7-2-3-8-12(11)21-15/h4-6,17H,2-3,7-8H2,1H3,(H,18,19,20). The van der Waals surface area contributed by atoms with Gasteiger partial charge in [0.05, 0.1) is 16.9 Å². The Morgan fingerprint density at radius 1 is 1.33 bits per heavy atom. The molecule has 0 atom stereocenters. The summed E-state index contributed by atoms with van der Waals surface area (Å²) in [5, 5.41) is 6.10. The van der Waals surface area contributed by atoms with Crippen LogP contribution in [0.25, 0.3) is 0 Å². The minimum atomic E-state index is -0.441. The number of aryl methyl sites for hydroxylation is 2. The number of carbonyl (C=O) groups excluding carboxylic acids is 1. The highest BCUT2D eigenvalue weighted by Gasteiger charge is 2.19. The number of halogens is 1. The average Bonchev–Trinajstić information content (AvgIpc) is 2.89. The van der Waals surface area contributed by atoms with Crippen molar-refractivity contribution < 1.29 is 9.18 Å².